The van der Waals surface area contributed by atoms with Gasteiger partial charge in [0.2, 0.25) is 5.91 Å². The molecule has 0 fully saturated rings. The number of rotatable bonds is 5. The van der Waals surface area contributed by atoms with Crippen molar-refractivity contribution in [3.63, 3.8) is 0 Å². The summed E-state index contributed by atoms with van der Waals surface area (Å²) < 4.78 is 12.9. The quantitative estimate of drug-likeness (QED) is 0.617. The first-order valence-corrected chi connectivity index (χ1v) is 10.3. The molecule has 0 atom stereocenters. The summed E-state index contributed by atoms with van der Waals surface area (Å²) in [7, 11) is 0. The lowest BCUT2D eigenvalue weighted by Gasteiger charge is -2.13. The van der Waals surface area contributed by atoms with E-state index in [-0.39, 0.29) is 11.7 Å². The number of thioether (sulfide) groups is 1. The molecule has 4 rings (SSSR count). The molecule has 26 heavy (non-hydrogen) atoms. The van der Waals surface area contributed by atoms with Gasteiger partial charge in [-0.05, 0) is 42.7 Å². The fraction of sp³-hybridized carbons (Fsp3) is 0.200. The Morgan fingerprint density at radius 2 is 1.96 bits per heavy atom. The van der Waals surface area contributed by atoms with Gasteiger partial charge in [-0.3, -0.25) is 4.79 Å². The van der Waals surface area contributed by atoms with Crippen LogP contribution in [0.3, 0.4) is 0 Å². The summed E-state index contributed by atoms with van der Waals surface area (Å²) >= 11 is 3.11. The summed E-state index contributed by atoms with van der Waals surface area (Å²) in [4.78, 5) is 19.0. The van der Waals surface area contributed by atoms with Gasteiger partial charge in [-0.2, -0.15) is 0 Å². The number of thiazole rings is 1. The van der Waals surface area contributed by atoms with Gasteiger partial charge in [0.25, 0.3) is 0 Å². The normalized spacial score (nSPS) is 12.3. The van der Waals surface area contributed by atoms with E-state index in [0.29, 0.717) is 17.3 Å². The molecule has 3 aromatic rings. The maximum absolute atomic E-state index is 12.9. The standard InChI is InChI=1S/C20H17FN2OS2/c21-14-6-8-15(9-7-14)25-12-11-18(24)22-20-23-19-16-4-2-1-3-13(16)5-10-17(19)26-20/h1-4,6-9H,5,10-12H2,(H,22,23,24). The Morgan fingerprint density at radius 1 is 1.15 bits per heavy atom. The lowest BCUT2D eigenvalue weighted by Crippen LogP contribution is -2.11. The molecule has 0 unspecified atom stereocenters. The minimum absolute atomic E-state index is 0.0426. The average molecular weight is 385 g/mol. The molecule has 0 radical (unpaired) electrons. The molecule has 0 saturated heterocycles. The van der Waals surface area contributed by atoms with E-state index in [0.717, 1.165) is 23.4 Å². The van der Waals surface area contributed by atoms with E-state index in [2.05, 4.69) is 28.5 Å². The Labute approximate surface area is 159 Å². The molecule has 0 aliphatic heterocycles. The van der Waals surface area contributed by atoms with Crippen molar-refractivity contribution in [3.8, 4) is 11.3 Å². The third-order valence-electron chi connectivity index (χ3n) is 4.25. The van der Waals surface area contributed by atoms with E-state index in [9.17, 15) is 9.18 Å². The molecule has 2 aromatic carbocycles. The van der Waals surface area contributed by atoms with Crippen molar-refractivity contribution < 1.29 is 9.18 Å². The van der Waals surface area contributed by atoms with E-state index < -0.39 is 0 Å². The second-order valence-electron chi connectivity index (χ2n) is 6.05. The van der Waals surface area contributed by atoms with Gasteiger partial charge in [-0.1, -0.05) is 24.3 Å². The number of anilines is 1. The zero-order valence-corrected chi connectivity index (χ0v) is 15.6. The highest BCUT2D eigenvalue weighted by molar-refractivity contribution is 7.99. The first kappa shape index (κ1) is 17.2. The highest BCUT2D eigenvalue weighted by Gasteiger charge is 2.21. The van der Waals surface area contributed by atoms with Crippen LogP contribution in [0.1, 0.15) is 16.9 Å². The fourth-order valence-corrected chi connectivity index (χ4v) is 4.82. The van der Waals surface area contributed by atoms with Gasteiger partial charge in [0, 0.05) is 27.5 Å². The molecule has 1 aliphatic carbocycles. The number of hydrogen-bond donors (Lipinski definition) is 1. The van der Waals surface area contributed by atoms with Crippen LogP contribution in [0.5, 0.6) is 0 Å². The van der Waals surface area contributed by atoms with Crippen LogP contribution in [0.2, 0.25) is 0 Å². The maximum atomic E-state index is 12.9. The molecule has 1 aromatic heterocycles. The van der Waals surface area contributed by atoms with Crippen LogP contribution in [0.4, 0.5) is 9.52 Å². The van der Waals surface area contributed by atoms with Crippen LogP contribution in [0, 0.1) is 5.82 Å². The van der Waals surface area contributed by atoms with Crippen LogP contribution in [0.15, 0.2) is 53.4 Å². The number of benzene rings is 2. The smallest absolute Gasteiger partial charge is 0.226 e. The van der Waals surface area contributed by atoms with Crippen LogP contribution in [-0.4, -0.2) is 16.6 Å². The third kappa shape index (κ3) is 3.81. The predicted molar refractivity (Wildman–Crippen MR) is 105 cm³/mol. The minimum atomic E-state index is -0.249. The first-order chi connectivity index (χ1) is 12.7. The molecule has 3 nitrogen and oxygen atoms in total. The Hall–Kier alpha value is -2.18. The van der Waals surface area contributed by atoms with Crippen LogP contribution in [-0.2, 0) is 17.6 Å². The zero-order valence-electron chi connectivity index (χ0n) is 14.0. The monoisotopic (exact) mass is 384 g/mol. The number of amides is 1. The number of halogens is 1. The highest BCUT2D eigenvalue weighted by Crippen LogP contribution is 2.37. The average Bonchev–Trinajstić information content (AvgIpc) is 3.06. The van der Waals surface area contributed by atoms with Gasteiger partial charge in [0.1, 0.15) is 5.82 Å². The summed E-state index contributed by atoms with van der Waals surface area (Å²) in [5.74, 6) is 0.353. The van der Waals surface area contributed by atoms with Gasteiger partial charge in [-0.15, -0.1) is 23.1 Å². The fourth-order valence-electron chi connectivity index (χ4n) is 2.98. The largest absolute Gasteiger partial charge is 0.302 e. The van der Waals surface area contributed by atoms with Crippen LogP contribution in [0.25, 0.3) is 11.3 Å². The molecule has 1 N–H and O–H groups in total. The van der Waals surface area contributed by atoms with Crippen molar-refractivity contribution in [3.05, 3.63) is 64.8 Å². The van der Waals surface area contributed by atoms with Crippen molar-refractivity contribution >= 4 is 34.1 Å². The summed E-state index contributed by atoms with van der Waals surface area (Å²) in [6.07, 6.45) is 2.39. The van der Waals surface area contributed by atoms with Crippen molar-refractivity contribution in [1.29, 1.82) is 0 Å². The summed E-state index contributed by atoms with van der Waals surface area (Å²) in [6, 6.07) is 14.6. The Bertz CT molecular complexity index is 937. The van der Waals surface area contributed by atoms with Crippen molar-refractivity contribution in [2.45, 2.75) is 24.2 Å². The predicted octanol–water partition coefficient (Wildman–Crippen LogP) is 5.17. The number of carbonyl (C=O) groups is 1. The number of nitrogens with zero attached hydrogens (tertiary/aromatic N) is 1. The van der Waals surface area contributed by atoms with E-state index >= 15 is 0 Å². The lowest BCUT2D eigenvalue weighted by atomic mass is 9.94. The van der Waals surface area contributed by atoms with E-state index in [1.165, 1.54) is 28.1 Å². The van der Waals surface area contributed by atoms with Gasteiger partial charge < -0.3 is 5.32 Å². The van der Waals surface area contributed by atoms with E-state index in [1.54, 1.807) is 35.2 Å². The molecule has 0 bridgehead atoms. The number of aryl methyl sites for hydroxylation is 2. The molecule has 132 valence electrons. The van der Waals surface area contributed by atoms with Crippen LogP contribution < -0.4 is 5.32 Å². The molecule has 6 heteroatoms. The number of nitrogens with one attached hydrogen (secondary N) is 1. The van der Waals surface area contributed by atoms with Crippen molar-refractivity contribution in [2.24, 2.45) is 0 Å². The summed E-state index contributed by atoms with van der Waals surface area (Å²) in [6.45, 7) is 0. The number of hydrogen-bond acceptors (Lipinski definition) is 4. The lowest BCUT2D eigenvalue weighted by molar-refractivity contribution is -0.115. The number of aromatic nitrogens is 1. The molecule has 1 aliphatic rings. The first-order valence-electron chi connectivity index (χ1n) is 8.45. The Morgan fingerprint density at radius 3 is 2.81 bits per heavy atom. The van der Waals surface area contributed by atoms with Gasteiger partial charge in [0.05, 0.1) is 5.69 Å². The number of carbonyl (C=O) groups excluding carboxylic acids is 1. The third-order valence-corrected chi connectivity index (χ3v) is 6.29. The number of fused-ring (bicyclic) bond motifs is 3. The highest BCUT2D eigenvalue weighted by atomic mass is 32.2. The SMILES string of the molecule is O=C(CCSc1ccc(F)cc1)Nc1nc2c(s1)CCc1ccccc1-2. The molecule has 0 spiro atoms. The summed E-state index contributed by atoms with van der Waals surface area (Å²) in [5, 5.41) is 3.59. The topological polar surface area (TPSA) is 42.0 Å². The van der Waals surface area contributed by atoms with Crippen LogP contribution >= 0.6 is 23.1 Å². The molecular formula is C20H17FN2OS2. The van der Waals surface area contributed by atoms with Gasteiger partial charge >= 0.3 is 0 Å². The second-order valence-corrected chi connectivity index (χ2v) is 8.30. The van der Waals surface area contributed by atoms with Gasteiger partial charge in [-0.25, -0.2) is 9.37 Å². The van der Waals surface area contributed by atoms with Crippen molar-refractivity contribution in [2.75, 3.05) is 11.1 Å². The van der Waals surface area contributed by atoms with E-state index in [1.807, 2.05) is 6.07 Å². The summed E-state index contributed by atoms with van der Waals surface area (Å²) in [5.41, 5.74) is 3.50. The zero-order chi connectivity index (χ0) is 17.9. The molecule has 1 amide bonds. The Kier molecular flexibility index (Phi) is 5.04. The van der Waals surface area contributed by atoms with Gasteiger partial charge in [0.15, 0.2) is 5.13 Å². The minimum Gasteiger partial charge on any atom is -0.302 e. The molecular weight excluding hydrogens is 367 g/mol. The van der Waals surface area contributed by atoms with E-state index in [4.69, 9.17) is 0 Å². The Balaban J connectivity index is 1.36. The molecule has 0 saturated carbocycles. The maximum Gasteiger partial charge on any atom is 0.226 e. The van der Waals surface area contributed by atoms with Crippen molar-refractivity contribution in [1.82, 2.24) is 4.98 Å². The molecule has 1 heterocycles. The second kappa shape index (κ2) is 7.60.